The first-order valence-electron chi connectivity index (χ1n) is 9.14. The third-order valence-corrected chi connectivity index (χ3v) is 4.97. The molecule has 1 saturated carbocycles. The van der Waals surface area contributed by atoms with Crippen LogP contribution in [0.4, 0.5) is 0 Å². The standard InChI is InChI=1S/C22H23N3O/c1-16-12-20(16)22(26)23-13-19-15-25(14-17-8-4-2-5-9-17)24-21(19)18-10-6-3-7-11-18/h2-11,15-16,20H,12-14H2,1H3,(H,23,26)/t16-,20+/m1/s1. The zero-order chi connectivity index (χ0) is 17.9. The van der Waals surface area contributed by atoms with Gasteiger partial charge >= 0.3 is 0 Å². The Morgan fingerprint density at radius 1 is 1.12 bits per heavy atom. The normalized spacial score (nSPS) is 18.5. The molecule has 1 N–H and O–H groups in total. The largest absolute Gasteiger partial charge is 0.352 e. The minimum Gasteiger partial charge on any atom is -0.352 e. The zero-order valence-electron chi connectivity index (χ0n) is 14.9. The average molecular weight is 345 g/mol. The maximum Gasteiger partial charge on any atom is 0.223 e. The molecule has 132 valence electrons. The molecule has 0 aliphatic heterocycles. The van der Waals surface area contributed by atoms with E-state index in [1.807, 2.05) is 47.3 Å². The predicted molar refractivity (Wildman–Crippen MR) is 102 cm³/mol. The summed E-state index contributed by atoms with van der Waals surface area (Å²) in [5, 5.41) is 7.88. The van der Waals surface area contributed by atoms with Gasteiger partial charge in [-0.3, -0.25) is 9.48 Å². The Hall–Kier alpha value is -2.88. The number of rotatable bonds is 6. The van der Waals surface area contributed by atoms with Crippen LogP contribution < -0.4 is 5.32 Å². The van der Waals surface area contributed by atoms with Crippen LogP contribution in [0.5, 0.6) is 0 Å². The molecule has 3 aromatic rings. The van der Waals surface area contributed by atoms with Gasteiger partial charge in [0, 0.05) is 29.8 Å². The summed E-state index contributed by atoms with van der Waals surface area (Å²) in [6, 6.07) is 20.4. The third kappa shape index (κ3) is 3.69. The molecule has 0 saturated heterocycles. The van der Waals surface area contributed by atoms with E-state index in [2.05, 4.69) is 36.5 Å². The number of aromatic nitrogens is 2. The SMILES string of the molecule is C[C@@H]1C[C@@H]1C(=O)NCc1cn(Cc2ccccc2)nc1-c1ccccc1. The second kappa shape index (κ2) is 7.16. The van der Waals surface area contributed by atoms with Crippen molar-refractivity contribution in [1.82, 2.24) is 15.1 Å². The molecule has 4 heteroatoms. The molecule has 1 fully saturated rings. The molecule has 0 unspecified atom stereocenters. The van der Waals surface area contributed by atoms with Crippen LogP contribution in [0.25, 0.3) is 11.3 Å². The van der Waals surface area contributed by atoms with Crippen molar-refractivity contribution in [3.05, 3.63) is 78.0 Å². The van der Waals surface area contributed by atoms with E-state index in [0.29, 0.717) is 19.0 Å². The van der Waals surface area contributed by atoms with Gasteiger partial charge < -0.3 is 5.32 Å². The maximum atomic E-state index is 12.2. The molecule has 1 aliphatic carbocycles. The van der Waals surface area contributed by atoms with E-state index >= 15 is 0 Å². The van der Waals surface area contributed by atoms with Crippen molar-refractivity contribution in [3.8, 4) is 11.3 Å². The highest BCUT2D eigenvalue weighted by atomic mass is 16.2. The molecular weight excluding hydrogens is 322 g/mol. The fourth-order valence-electron chi connectivity index (χ4n) is 3.28. The van der Waals surface area contributed by atoms with Crippen molar-refractivity contribution in [2.24, 2.45) is 11.8 Å². The summed E-state index contributed by atoms with van der Waals surface area (Å²) < 4.78 is 1.96. The Morgan fingerprint density at radius 3 is 2.42 bits per heavy atom. The number of nitrogens with one attached hydrogen (secondary N) is 1. The molecular formula is C22H23N3O. The lowest BCUT2D eigenvalue weighted by molar-refractivity contribution is -0.122. The highest BCUT2D eigenvalue weighted by Gasteiger charge is 2.38. The van der Waals surface area contributed by atoms with Gasteiger partial charge in [-0.1, -0.05) is 67.6 Å². The quantitative estimate of drug-likeness (QED) is 0.737. The van der Waals surface area contributed by atoms with E-state index in [1.165, 1.54) is 5.56 Å². The molecule has 1 aliphatic rings. The van der Waals surface area contributed by atoms with Crippen LogP contribution in [0, 0.1) is 11.8 Å². The highest BCUT2D eigenvalue weighted by molar-refractivity contribution is 5.81. The minimum atomic E-state index is 0.160. The van der Waals surface area contributed by atoms with Crippen molar-refractivity contribution in [1.29, 1.82) is 0 Å². The molecule has 1 aromatic heterocycles. The molecule has 4 rings (SSSR count). The number of hydrogen-bond donors (Lipinski definition) is 1. The summed E-state index contributed by atoms with van der Waals surface area (Å²) >= 11 is 0. The molecule has 4 nitrogen and oxygen atoms in total. The van der Waals surface area contributed by atoms with E-state index in [1.54, 1.807) is 0 Å². The smallest absolute Gasteiger partial charge is 0.223 e. The van der Waals surface area contributed by atoms with E-state index < -0.39 is 0 Å². The average Bonchev–Trinajstić information content (AvgIpc) is 3.27. The summed E-state index contributed by atoms with van der Waals surface area (Å²) in [4.78, 5) is 12.2. The molecule has 0 bridgehead atoms. The number of carbonyl (C=O) groups excluding carboxylic acids is 1. The molecule has 0 spiro atoms. The fourth-order valence-corrected chi connectivity index (χ4v) is 3.28. The molecule has 1 amide bonds. The summed E-state index contributed by atoms with van der Waals surface area (Å²) in [5.74, 6) is 0.867. The second-order valence-electron chi connectivity index (χ2n) is 7.09. The number of benzene rings is 2. The second-order valence-corrected chi connectivity index (χ2v) is 7.09. The van der Waals surface area contributed by atoms with E-state index in [0.717, 1.165) is 23.2 Å². The lowest BCUT2D eigenvalue weighted by Crippen LogP contribution is -2.24. The summed E-state index contributed by atoms with van der Waals surface area (Å²) in [6.45, 7) is 3.35. The molecule has 0 radical (unpaired) electrons. The first-order chi connectivity index (χ1) is 12.7. The predicted octanol–water partition coefficient (Wildman–Crippen LogP) is 3.87. The van der Waals surface area contributed by atoms with Crippen molar-refractivity contribution in [2.75, 3.05) is 0 Å². The Balaban J connectivity index is 1.57. The maximum absolute atomic E-state index is 12.2. The molecule has 1 heterocycles. The van der Waals surface area contributed by atoms with Crippen LogP contribution in [-0.4, -0.2) is 15.7 Å². The van der Waals surface area contributed by atoms with Crippen LogP contribution in [0.15, 0.2) is 66.9 Å². The van der Waals surface area contributed by atoms with Gasteiger partial charge in [0.05, 0.1) is 12.2 Å². The van der Waals surface area contributed by atoms with Crippen LogP contribution in [-0.2, 0) is 17.9 Å². The van der Waals surface area contributed by atoms with Gasteiger partial charge in [0.2, 0.25) is 5.91 Å². The van der Waals surface area contributed by atoms with Gasteiger partial charge in [-0.15, -0.1) is 0 Å². The number of amides is 1. The Labute approximate surface area is 153 Å². The topological polar surface area (TPSA) is 46.9 Å². The van der Waals surface area contributed by atoms with Gasteiger partial charge in [-0.05, 0) is 17.9 Å². The fraction of sp³-hybridized carbons (Fsp3) is 0.273. The van der Waals surface area contributed by atoms with Crippen LogP contribution in [0.3, 0.4) is 0 Å². The molecule has 26 heavy (non-hydrogen) atoms. The van der Waals surface area contributed by atoms with E-state index in [4.69, 9.17) is 5.10 Å². The zero-order valence-corrected chi connectivity index (χ0v) is 14.9. The van der Waals surface area contributed by atoms with Crippen molar-refractivity contribution in [3.63, 3.8) is 0 Å². The van der Waals surface area contributed by atoms with Crippen LogP contribution >= 0.6 is 0 Å². The van der Waals surface area contributed by atoms with Crippen molar-refractivity contribution < 1.29 is 4.79 Å². The first-order valence-corrected chi connectivity index (χ1v) is 9.14. The third-order valence-electron chi connectivity index (χ3n) is 4.97. The monoisotopic (exact) mass is 345 g/mol. The summed E-state index contributed by atoms with van der Waals surface area (Å²) in [5.41, 5.74) is 4.26. The lowest BCUT2D eigenvalue weighted by atomic mass is 10.1. The number of carbonyl (C=O) groups is 1. The lowest BCUT2D eigenvalue weighted by Gasteiger charge is -2.05. The van der Waals surface area contributed by atoms with Crippen molar-refractivity contribution in [2.45, 2.75) is 26.4 Å². The van der Waals surface area contributed by atoms with E-state index in [-0.39, 0.29) is 11.8 Å². The summed E-state index contributed by atoms with van der Waals surface area (Å²) in [7, 11) is 0. The number of nitrogens with zero attached hydrogens (tertiary/aromatic N) is 2. The minimum absolute atomic E-state index is 0.160. The Kier molecular flexibility index (Phi) is 4.57. The van der Waals surface area contributed by atoms with Crippen LogP contribution in [0.1, 0.15) is 24.5 Å². The highest BCUT2D eigenvalue weighted by Crippen LogP contribution is 2.37. The van der Waals surface area contributed by atoms with Crippen molar-refractivity contribution >= 4 is 5.91 Å². The number of hydrogen-bond acceptors (Lipinski definition) is 2. The van der Waals surface area contributed by atoms with E-state index in [9.17, 15) is 4.79 Å². The van der Waals surface area contributed by atoms with Crippen LogP contribution in [0.2, 0.25) is 0 Å². The van der Waals surface area contributed by atoms with Gasteiger partial charge in [-0.2, -0.15) is 5.10 Å². The van der Waals surface area contributed by atoms with Gasteiger partial charge in [0.25, 0.3) is 0 Å². The summed E-state index contributed by atoms with van der Waals surface area (Å²) in [6.07, 6.45) is 3.05. The molecule has 2 aromatic carbocycles. The van der Waals surface area contributed by atoms with Gasteiger partial charge in [-0.25, -0.2) is 0 Å². The first kappa shape index (κ1) is 16.6. The van der Waals surface area contributed by atoms with Gasteiger partial charge in [0.1, 0.15) is 0 Å². The van der Waals surface area contributed by atoms with Gasteiger partial charge in [0.15, 0.2) is 0 Å². The Morgan fingerprint density at radius 2 is 1.77 bits per heavy atom. The molecule has 2 atom stereocenters. The Bertz CT molecular complexity index is 886.